The first kappa shape index (κ1) is 31.8. The summed E-state index contributed by atoms with van der Waals surface area (Å²) in [6.45, 7) is 0. The predicted octanol–water partition coefficient (Wildman–Crippen LogP) is 13.5. The van der Waals surface area contributed by atoms with Crippen LogP contribution in [-0.4, -0.2) is 0 Å². The van der Waals surface area contributed by atoms with E-state index in [0.717, 1.165) is 29.2 Å². The number of para-hydroxylation sites is 2. The van der Waals surface area contributed by atoms with Crippen molar-refractivity contribution in [1.82, 2.24) is 0 Å². The van der Waals surface area contributed by atoms with Gasteiger partial charge >= 0.3 is 0 Å². The van der Waals surface area contributed by atoms with Crippen molar-refractivity contribution < 1.29 is 0 Å². The Morgan fingerprint density at radius 1 is 0.389 bits per heavy atom. The minimum absolute atomic E-state index is 0.140. The highest BCUT2D eigenvalue weighted by Crippen LogP contribution is 2.53. The van der Waals surface area contributed by atoms with Crippen LogP contribution in [0.4, 0.5) is 22.7 Å². The Labute approximate surface area is 317 Å². The molecule has 6 aromatic carbocycles. The van der Waals surface area contributed by atoms with Crippen molar-refractivity contribution in [1.29, 1.82) is 0 Å². The number of allylic oxidation sites excluding steroid dienone is 11. The molecule has 0 aromatic heterocycles. The van der Waals surface area contributed by atoms with Crippen molar-refractivity contribution in [3.05, 3.63) is 252 Å². The van der Waals surface area contributed by atoms with Gasteiger partial charge in [0.15, 0.2) is 0 Å². The number of hydrogen-bond acceptors (Lipinski definition) is 2. The van der Waals surface area contributed by atoms with Crippen LogP contribution in [0.5, 0.6) is 0 Å². The molecular weight excluding hydrogens is 653 g/mol. The molecule has 0 bridgehead atoms. The summed E-state index contributed by atoms with van der Waals surface area (Å²) in [7, 11) is 0. The molecule has 0 amide bonds. The van der Waals surface area contributed by atoms with E-state index in [1.807, 2.05) is 0 Å². The van der Waals surface area contributed by atoms with E-state index in [4.69, 9.17) is 0 Å². The summed E-state index contributed by atoms with van der Waals surface area (Å²) in [6, 6.07) is 60.8. The number of anilines is 4. The lowest BCUT2D eigenvalue weighted by Crippen LogP contribution is -2.31. The van der Waals surface area contributed by atoms with Gasteiger partial charge in [-0.15, -0.1) is 0 Å². The standard InChI is InChI=1S/C52H38N2/c1-5-13-37(14-6-1)39-21-29-45(30-22-39)53(43-17-9-3-10-18-43)49-35-27-41-26-34-48-50(36-28-42-25-33-47(49)51(41)52(42)48)54(44-19-11-4-12-20-44)46-31-23-40(24-32-46)38-15-7-2-8-16-38/h1-27,29-36,51H,28H2. The van der Waals surface area contributed by atoms with Crippen LogP contribution in [-0.2, 0) is 0 Å². The van der Waals surface area contributed by atoms with E-state index in [1.165, 1.54) is 61.5 Å². The molecule has 0 spiro atoms. The second kappa shape index (κ2) is 13.6. The first-order chi connectivity index (χ1) is 26.8. The van der Waals surface area contributed by atoms with Gasteiger partial charge in [0.05, 0.1) is 11.4 Å². The van der Waals surface area contributed by atoms with E-state index in [0.29, 0.717) is 0 Å². The molecule has 54 heavy (non-hydrogen) atoms. The van der Waals surface area contributed by atoms with Crippen molar-refractivity contribution in [2.24, 2.45) is 5.92 Å². The van der Waals surface area contributed by atoms with Crippen LogP contribution in [0, 0.1) is 5.92 Å². The Balaban J connectivity index is 1.06. The van der Waals surface area contributed by atoms with Gasteiger partial charge in [0.1, 0.15) is 0 Å². The van der Waals surface area contributed by atoms with Gasteiger partial charge in [-0.05, 0) is 106 Å². The average molecular weight is 691 g/mol. The van der Waals surface area contributed by atoms with Gasteiger partial charge in [-0.1, -0.05) is 158 Å². The predicted molar refractivity (Wildman–Crippen MR) is 226 cm³/mol. The van der Waals surface area contributed by atoms with Crippen LogP contribution in [0.3, 0.4) is 0 Å². The molecule has 1 atom stereocenters. The summed E-state index contributed by atoms with van der Waals surface area (Å²) in [4.78, 5) is 4.87. The fraction of sp³-hybridized carbons (Fsp3) is 0.0385. The topological polar surface area (TPSA) is 6.48 Å². The molecule has 0 fully saturated rings. The fourth-order valence-electron chi connectivity index (χ4n) is 8.42. The van der Waals surface area contributed by atoms with Crippen molar-refractivity contribution in [3.8, 4) is 22.3 Å². The van der Waals surface area contributed by atoms with Crippen molar-refractivity contribution in [2.75, 3.05) is 9.80 Å². The van der Waals surface area contributed by atoms with E-state index in [1.54, 1.807) is 0 Å². The molecule has 2 heteroatoms. The first-order valence-electron chi connectivity index (χ1n) is 18.8. The second-order valence-corrected chi connectivity index (χ2v) is 14.1. The largest absolute Gasteiger partial charge is 0.310 e. The Morgan fingerprint density at radius 2 is 0.852 bits per heavy atom. The van der Waals surface area contributed by atoms with Gasteiger partial charge in [0, 0.05) is 34.2 Å². The molecule has 4 aliphatic carbocycles. The molecule has 0 aliphatic heterocycles. The van der Waals surface area contributed by atoms with Gasteiger partial charge in [-0.3, -0.25) is 0 Å². The van der Waals surface area contributed by atoms with Crippen LogP contribution in [0.2, 0.25) is 0 Å². The zero-order valence-electron chi connectivity index (χ0n) is 29.9. The van der Waals surface area contributed by atoms with Crippen LogP contribution < -0.4 is 9.80 Å². The van der Waals surface area contributed by atoms with Crippen molar-refractivity contribution >= 4 is 22.7 Å². The Morgan fingerprint density at radius 3 is 1.39 bits per heavy atom. The molecular formula is C52H38N2. The Hall–Kier alpha value is -6.90. The molecule has 6 aromatic rings. The third kappa shape index (κ3) is 5.60. The lowest BCUT2D eigenvalue weighted by molar-refractivity contribution is 0.799. The average Bonchev–Trinajstić information content (AvgIpc) is 3.26. The molecule has 0 heterocycles. The van der Waals surface area contributed by atoms with Crippen molar-refractivity contribution in [2.45, 2.75) is 6.42 Å². The highest BCUT2D eigenvalue weighted by Gasteiger charge is 2.39. The maximum absolute atomic E-state index is 2.44. The molecule has 4 aliphatic rings. The van der Waals surface area contributed by atoms with Gasteiger partial charge < -0.3 is 9.80 Å². The summed E-state index contributed by atoms with van der Waals surface area (Å²) in [6.07, 6.45) is 17.4. The minimum atomic E-state index is 0.140. The quantitative estimate of drug-likeness (QED) is 0.157. The van der Waals surface area contributed by atoms with Crippen LogP contribution >= 0.6 is 0 Å². The molecule has 1 unspecified atom stereocenters. The number of hydrogen-bond donors (Lipinski definition) is 0. The maximum Gasteiger partial charge on any atom is 0.0503 e. The number of nitrogens with zero attached hydrogens (tertiary/aromatic N) is 2. The number of rotatable bonds is 8. The normalized spacial score (nSPS) is 16.7. The molecule has 0 saturated heterocycles. The molecule has 10 rings (SSSR count). The third-order valence-electron chi connectivity index (χ3n) is 11.0. The fourth-order valence-corrected chi connectivity index (χ4v) is 8.42. The lowest BCUT2D eigenvalue weighted by Gasteiger charge is -2.42. The third-order valence-corrected chi connectivity index (χ3v) is 11.0. The monoisotopic (exact) mass is 690 g/mol. The first-order valence-corrected chi connectivity index (χ1v) is 18.8. The minimum Gasteiger partial charge on any atom is -0.310 e. The summed E-state index contributed by atoms with van der Waals surface area (Å²) in [5, 5.41) is 0. The van der Waals surface area contributed by atoms with E-state index in [2.05, 4.69) is 222 Å². The Kier molecular flexibility index (Phi) is 8.00. The zero-order chi connectivity index (χ0) is 35.8. The van der Waals surface area contributed by atoms with Gasteiger partial charge in [-0.25, -0.2) is 0 Å². The highest BCUT2D eigenvalue weighted by atomic mass is 15.2. The summed E-state index contributed by atoms with van der Waals surface area (Å²) in [5.41, 5.74) is 18.6. The SMILES string of the molecule is C1=CC2=C3C(=CC=C4C(N(c5ccccc5)c5ccc(-c6ccccc6)cc5)=CC=C1C43)CC=C2N(c1ccccc1)c1ccc(-c2ccccc2)cc1. The van der Waals surface area contributed by atoms with E-state index in [-0.39, 0.29) is 5.92 Å². The second-order valence-electron chi connectivity index (χ2n) is 14.1. The van der Waals surface area contributed by atoms with Crippen LogP contribution in [0.15, 0.2) is 252 Å². The van der Waals surface area contributed by atoms with Gasteiger partial charge in [0.2, 0.25) is 0 Å². The molecule has 2 nitrogen and oxygen atoms in total. The summed E-state index contributed by atoms with van der Waals surface area (Å²) in [5.74, 6) is 0.140. The molecule has 0 saturated carbocycles. The summed E-state index contributed by atoms with van der Waals surface area (Å²) >= 11 is 0. The van der Waals surface area contributed by atoms with Gasteiger partial charge in [0.25, 0.3) is 0 Å². The molecule has 256 valence electrons. The van der Waals surface area contributed by atoms with Gasteiger partial charge in [-0.2, -0.15) is 0 Å². The summed E-state index contributed by atoms with van der Waals surface area (Å²) < 4.78 is 0. The molecule has 0 radical (unpaired) electrons. The lowest BCUT2D eigenvalue weighted by atomic mass is 9.67. The number of benzene rings is 6. The van der Waals surface area contributed by atoms with E-state index < -0.39 is 0 Å². The highest BCUT2D eigenvalue weighted by molar-refractivity contribution is 5.82. The maximum atomic E-state index is 2.44. The van der Waals surface area contributed by atoms with Crippen LogP contribution in [0.25, 0.3) is 22.3 Å². The smallest absolute Gasteiger partial charge is 0.0503 e. The Bertz CT molecular complexity index is 2570. The van der Waals surface area contributed by atoms with E-state index >= 15 is 0 Å². The zero-order valence-corrected chi connectivity index (χ0v) is 29.9. The molecule has 0 N–H and O–H groups in total. The van der Waals surface area contributed by atoms with E-state index in [9.17, 15) is 0 Å². The van der Waals surface area contributed by atoms with Crippen LogP contribution in [0.1, 0.15) is 6.42 Å². The van der Waals surface area contributed by atoms with Crippen molar-refractivity contribution in [3.63, 3.8) is 0 Å².